The Morgan fingerprint density at radius 3 is 1.19 bits per heavy atom. The SMILES string of the molecule is CCCCC(CC)COC(=O)CCCCCCCCCCC(=O)O.CCCCCCCCOC(=O)CCCCCCCCCCC(=O)O. The zero-order valence-electron chi connectivity index (χ0n) is 31.5. The van der Waals surface area contributed by atoms with Crippen molar-refractivity contribution >= 4 is 23.9 Å². The van der Waals surface area contributed by atoms with E-state index in [9.17, 15) is 19.2 Å². The van der Waals surface area contributed by atoms with Crippen LogP contribution in [0.4, 0.5) is 0 Å². The van der Waals surface area contributed by atoms with Crippen LogP contribution in [0.2, 0.25) is 0 Å². The second-order valence-electron chi connectivity index (χ2n) is 13.5. The van der Waals surface area contributed by atoms with E-state index in [1.165, 1.54) is 70.6 Å². The Bertz CT molecular complexity index is 739. The molecule has 0 aromatic heterocycles. The van der Waals surface area contributed by atoms with Gasteiger partial charge in [0.1, 0.15) is 0 Å². The Balaban J connectivity index is 0. The number of carboxylic acid groups (broad SMARTS) is 2. The van der Waals surface area contributed by atoms with E-state index in [1.807, 2.05) is 0 Å². The average molecular weight is 685 g/mol. The number of esters is 2. The highest BCUT2D eigenvalue weighted by Gasteiger charge is 2.10. The number of carboxylic acids is 2. The molecule has 48 heavy (non-hydrogen) atoms. The lowest BCUT2D eigenvalue weighted by atomic mass is 10.0. The molecule has 0 aromatic carbocycles. The minimum absolute atomic E-state index is 0.0429. The first kappa shape index (κ1) is 48.0. The quantitative estimate of drug-likeness (QED) is 0.0498. The first-order chi connectivity index (χ1) is 23.3. The van der Waals surface area contributed by atoms with Crippen molar-refractivity contribution < 1.29 is 38.9 Å². The van der Waals surface area contributed by atoms with E-state index in [-0.39, 0.29) is 11.9 Å². The van der Waals surface area contributed by atoms with Gasteiger partial charge >= 0.3 is 23.9 Å². The predicted octanol–water partition coefficient (Wildman–Crippen LogP) is 11.6. The second-order valence-corrected chi connectivity index (χ2v) is 13.5. The molecule has 1 atom stereocenters. The molecule has 0 aliphatic rings. The molecule has 8 nitrogen and oxygen atoms in total. The molecular weight excluding hydrogens is 608 g/mol. The fraction of sp³-hybridized carbons (Fsp3) is 0.900. The van der Waals surface area contributed by atoms with Gasteiger partial charge in [0.2, 0.25) is 0 Å². The molecule has 1 unspecified atom stereocenters. The summed E-state index contributed by atoms with van der Waals surface area (Å²) in [4.78, 5) is 44.0. The van der Waals surface area contributed by atoms with Crippen molar-refractivity contribution in [2.75, 3.05) is 13.2 Å². The average Bonchev–Trinajstić information content (AvgIpc) is 3.06. The van der Waals surface area contributed by atoms with Gasteiger partial charge in [0.25, 0.3) is 0 Å². The van der Waals surface area contributed by atoms with Gasteiger partial charge in [0.15, 0.2) is 0 Å². The molecule has 0 aromatic rings. The highest BCUT2D eigenvalue weighted by Crippen LogP contribution is 2.15. The molecule has 0 amide bonds. The zero-order valence-corrected chi connectivity index (χ0v) is 31.5. The Hall–Kier alpha value is -2.12. The molecule has 0 spiro atoms. The van der Waals surface area contributed by atoms with E-state index >= 15 is 0 Å². The van der Waals surface area contributed by atoms with Gasteiger partial charge in [-0.3, -0.25) is 19.2 Å². The minimum Gasteiger partial charge on any atom is -0.481 e. The van der Waals surface area contributed by atoms with Crippen molar-refractivity contribution in [1.82, 2.24) is 0 Å². The van der Waals surface area contributed by atoms with Gasteiger partial charge in [-0.2, -0.15) is 0 Å². The first-order valence-electron chi connectivity index (χ1n) is 20.0. The molecule has 0 radical (unpaired) electrons. The Morgan fingerprint density at radius 1 is 0.438 bits per heavy atom. The highest BCUT2D eigenvalue weighted by molar-refractivity contribution is 5.69. The lowest BCUT2D eigenvalue weighted by Crippen LogP contribution is -2.13. The van der Waals surface area contributed by atoms with Crippen molar-refractivity contribution in [3.05, 3.63) is 0 Å². The summed E-state index contributed by atoms with van der Waals surface area (Å²) in [6.07, 6.45) is 30.5. The van der Waals surface area contributed by atoms with Crippen LogP contribution >= 0.6 is 0 Å². The van der Waals surface area contributed by atoms with Gasteiger partial charge in [-0.05, 0) is 44.4 Å². The summed E-state index contributed by atoms with van der Waals surface area (Å²) in [6.45, 7) is 7.74. The molecule has 2 N–H and O–H groups in total. The third kappa shape index (κ3) is 41.9. The van der Waals surface area contributed by atoms with Gasteiger partial charge in [0.05, 0.1) is 13.2 Å². The van der Waals surface area contributed by atoms with E-state index < -0.39 is 11.9 Å². The van der Waals surface area contributed by atoms with E-state index in [4.69, 9.17) is 19.7 Å². The number of aliphatic carboxylic acids is 2. The zero-order chi connectivity index (χ0) is 35.9. The lowest BCUT2D eigenvalue weighted by molar-refractivity contribution is -0.145. The molecule has 8 heteroatoms. The standard InChI is InChI=1S/2C20H38O4/c1-3-5-14-18(4-2)17-24-20(23)16-13-11-9-7-6-8-10-12-15-19(21)22;1-2-3-4-5-12-15-18-24-20(23)17-14-11-9-7-6-8-10-13-16-19(21)22/h18H,3-17H2,1-2H3,(H,21,22);2-18H2,1H3,(H,21,22). The lowest BCUT2D eigenvalue weighted by Gasteiger charge is -2.14. The van der Waals surface area contributed by atoms with E-state index in [0.717, 1.165) is 96.3 Å². The molecule has 0 bridgehead atoms. The summed E-state index contributed by atoms with van der Waals surface area (Å²) >= 11 is 0. The topological polar surface area (TPSA) is 127 Å². The number of carbonyl (C=O) groups excluding carboxylic acids is 2. The fourth-order valence-electron chi connectivity index (χ4n) is 5.53. The summed E-state index contributed by atoms with van der Waals surface area (Å²) in [5.74, 6) is -0.957. The van der Waals surface area contributed by atoms with Gasteiger partial charge < -0.3 is 19.7 Å². The van der Waals surface area contributed by atoms with Gasteiger partial charge in [-0.15, -0.1) is 0 Å². The van der Waals surface area contributed by atoms with Crippen LogP contribution in [-0.4, -0.2) is 47.3 Å². The number of unbranched alkanes of at least 4 members (excludes halogenated alkanes) is 20. The Kier molecular flexibility index (Phi) is 39.3. The van der Waals surface area contributed by atoms with Crippen LogP contribution in [0.25, 0.3) is 0 Å². The maximum atomic E-state index is 11.7. The van der Waals surface area contributed by atoms with Crippen molar-refractivity contribution in [3.8, 4) is 0 Å². The van der Waals surface area contributed by atoms with Crippen LogP contribution in [0.3, 0.4) is 0 Å². The molecule has 0 heterocycles. The number of rotatable bonds is 35. The Labute approximate surface area is 294 Å². The van der Waals surface area contributed by atoms with Gasteiger partial charge in [-0.1, -0.05) is 149 Å². The molecule has 0 aliphatic carbocycles. The van der Waals surface area contributed by atoms with Crippen molar-refractivity contribution in [3.63, 3.8) is 0 Å². The van der Waals surface area contributed by atoms with E-state index in [1.54, 1.807) is 0 Å². The summed E-state index contributed by atoms with van der Waals surface area (Å²) in [5.41, 5.74) is 0. The Morgan fingerprint density at radius 2 is 0.792 bits per heavy atom. The molecule has 0 saturated carbocycles. The van der Waals surface area contributed by atoms with Crippen LogP contribution < -0.4 is 0 Å². The van der Waals surface area contributed by atoms with E-state index in [2.05, 4.69) is 20.8 Å². The van der Waals surface area contributed by atoms with Crippen LogP contribution in [0.1, 0.15) is 213 Å². The highest BCUT2D eigenvalue weighted by atomic mass is 16.5. The van der Waals surface area contributed by atoms with Gasteiger partial charge in [-0.25, -0.2) is 0 Å². The maximum Gasteiger partial charge on any atom is 0.305 e. The van der Waals surface area contributed by atoms with Crippen molar-refractivity contribution in [1.29, 1.82) is 0 Å². The maximum absolute atomic E-state index is 11.7. The number of carbonyl (C=O) groups is 4. The monoisotopic (exact) mass is 685 g/mol. The van der Waals surface area contributed by atoms with Crippen LogP contribution in [-0.2, 0) is 28.7 Å². The van der Waals surface area contributed by atoms with Crippen LogP contribution in [0, 0.1) is 5.92 Å². The van der Waals surface area contributed by atoms with Crippen LogP contribution in [0.15, 0.2) is 0 Å². The molecule has 0 saturated heterocycles. The third-order valence-electron chi connectivity index (χ3n) is 8.83. The molecule has 0 fully saturated rings. The van der Waals surface area contributed by atoms with Crippen LogP contribution in [0.5, 0.6) is 0 Å². The predicted molar refractivity (Wildman–Crippen MR) is 196 cm³/mol. The van der Waals surface area contributed by atoms with E-state index in [0.29, 0.717) is 44.8 Å². The second kappa shape index (κ2) is 39.3. The summed E-state index contributed by atoms with van der Waals surface area (Å²) in [5, 5.41) is 17.1. The number of hydrogen-bond acceptors (Lipinski definition) is 6. The summed E-state index contributed by atoms with van der Waals surface area (Å²) in [6, 6.07) is 0. The molecule has 0 rings (SSSR count). The van der Waals surface area contributed by atoms with Crippen molar-refractivity contribution in [2.24, 2.45) is 5.92 Å². The van der Waals surface area contributed by atoms with Crippen molar-refractivity contribution in [2.45, 2.75) is 213 Å². The summed E-state index contributed by atoms with van der Waals surface area (Å²) < 4.78 is 10.6. The number of hydrogen-bond donors (Lipinski definition) is 2. The smallest absolute Gasteiger partial charge is 0.305 e. The largest absolute Gasteiger partial charge is 0.481 e. The van der Waals surface area contributed by atoms with Gasteiger partial charge in [0, 0.05) is 25.7 Å². The summed E-state index contributed by atoms with van der Waals surface area (Å²) in [7, 11) is 0. The molecule has 284 valence electrons. The number of ether oxygens (including phenoxy) is 2. The molecule has 0 aliphatic heterocycles. The minimum atomic E-state index is -0.697. The fourth-order valence-corrected chi connectivity index (χ4v) is 5.53. The normalized spacial score (nSPS) is 11.4. The molecular formula is C40H76O8. The third-order valence-corrected chi connectivity index (χ3v) is 8.83. The first-order valence-corrected chi connectivity index (χ1v) is 20.0.